The molecule has 0 spiro atoms. The molecular formula is C14H22N4O2. The molecule has 0 saturated carbocycles. The molecule has 1 atom stereocenters. The van der Waals surface area contributed by atoms with Gasteiger partial charge in [-0.15, -0.1) is 0 Å². The molecule has 6 heteroatoms. The first kappa shape index (κ1) is 14.7. The summed E-state index contributed by atoms with van der Waals surface area (Å²) in [5, 5.41) is 9.33. The van der Waals surface area contributed by atoms with Crippen LogP contribution in [0.3, 0.4) is 0 Å². The molecule has 0 aliphatic carbocycles. The van der Waals surface area contributed by atoms with E-state index < -0.39 is 0 Å². The SMILES string of the molecule is CCCc1cc(C(=O)N2CCCC2CO)cc(NN)n1. The van der Waals surface area contributed by atoms with E-state index in [-0.39, 0.29) is 18.6 Å². The van der Waals surface area contributed by atoms with Crippen LogP contribution in [0.2, 0.25) is 0 Å². The van der Waals surface area contributed by atoms with E-state index in [1.165, 1.54) is 0 Å². The topological polar surface area (TPSA) is 91.5 Å². The Morgan fingerprint density at radius 1 is 1.60 bits per heavy atom. The van der Waals surface area contributed by atoms with Crippen LogP contribution < -0.4 is 11.3 Å². The average Bonchev–Trinajstić information content (AvgIpc) is 2.94. The van der Waals surface area contributed by atoms with Crippen LogP contribution in [-0.2, 0) is 6.42 Å². The highest BCUT2D eigenvalue weighted by Crippen LogP contribution is 2.21. The van der Waals surface area contributed by atoms with Crippen molar-refractivity contribution in [3.05, 3.63) is 23.4 Å². The third-order valence-electron chi connectivity index (χ3n) is 3.63. The molecule has 1 saturated heterocycles. The molecule has 4 N–H and O–H groups in total. The summed E-state index contributed by atoms with van der Waals surface area (Å²) in [5.41, 5.74) is 3.94. The van der Waals surface area contributed by atoms with Gasteiger partial charge in [0.15, 0.2) is 0 Å². The lowest BCUT2D eigenvalue weighted by Gasteiger charge is -2.23. The lowest BCUT2D eigenvalue weighted by Crippen LogP contribution is -2.37. The third kappa shape index (κ3) is 3.08. The fourth-order valence-electron chi connectivity index (χ4n) is 2.63. The normalized spacial score (nSPS) is 18.4. The van der Waals surface area contributed by atoms with Crippen LogP contribution in [0.4, 0.5) is 5.82 Å². The number of nitrogen functional groups attached to an aromatic ring is 1. The number of anilines is 1. The van der Waals surface area contributed by atoms with Crippen LogP contribution in [0.15, 0.2) is 12.1 Å². The maximum atomic E-state index is 12.6. The van der Waals surface area contributed by atoms with Gasteiger partial charge in [0, 0.05) is 17.8 Å². The number of carbonyl (C=O) groups is 1. The molecule has 110 valence electrons. The highest BCUT2D eigenvalue weighted by molar-refractivity contribution is 5.95. The fraction of sp³-hybridized carbons (Fsp3) is 0.571. The van der Waals surface area contributed by atoms with E-state index in [1.807, 2.05) is 6.07 Å². The number of aromatic nitrogens is 1. The van der Waals surface area contributed by atoms with E-state index in [9.17, 15) is 9.90 Å². The summed E-state index contributed by atoms with van der Waals surface area (Å²) in [6, 6.07) is 3.41. The first-order valence-corrected chi connectivity index (χ1v) is 7.09. The molecule has 0 aromatic carbocycles. The molecule has 1 fully saturated rings. The van der Waals surface area contributed by atoms with E-state index in [2.05, 4.69) is 17.3 Å². The zero-order valence-electron chi connectivity index (χ0n) is 11.8. The number of amides is 1. The lowest BCUT2D eigenvalue weighted by molar-refractivity contribution is 0.0677. The van der Waals surface area contributed by atoms with Gasteiger partial charge >= 0.3 is 0 Å². The van der Waals surface area contributed by atoms with Crippen molar-refractivity contribution in [2.75, 3.05) is 18.6 Å². The first-order valence-electron chi connectivity index (χ1n) is 7.09. The van der Waals surface area contributed by atoms with E-state index in [4.69, 9.17) is 5.84 Å². The minimum Gasteiger partial charge on any atom is -0.394 e. The minimum atomic E-state index is -0.0698. The van der Waals surface area contributed by atoms with E-state index in [1.54, 1.807) is 11.0 Å². The van der Waals surface area contributed by atoms with Crippen molar-refractivity contribution in [3.63, 3.8) is 0 Å². The number of aryl methyl sites for hydroxylation is 1. The van der Waals surface area contributed by atoms with E-state index >= 15 is 0 Å². The number of hydrogen-bond acceptors (Lipinski definition) is 5. The van der Waals surface area contributed by atoms with Gasteiger partial charge in [-0.25, -0.2) is 10.8 Å². The molecule has 1 aromatic heterocycles. The number of nitrogens with two attached hydrogens (primary N) is 1. The first-order chi connectivity index (χ1) is 9.69. The lowest BCUT2D eigenvalue weighted by atomic mass is 10.1. The quantitative estimate of drug-likeness (QED) is 0.550. The smallest absolute Gasteiger partial charge is 0.254 e. The number of carbonyl (C=O) groups excluding carboxylic acids is 1. The number of aliphatic hydroxyl groups excluding tert-OH is 1. The van der Waals surface area contributed by atoms with Crippen LogP contribution >= 0.6 is 0 Å². The molecule has 1 amide bonds. The molecule has 0 bridgehead atoms. The molecule has 1 aliphatic heterocycles. The van der Waals surface area contributed by atoms with E-state index in [0.29, 0.717) is 17.9 Å². The Balaban J connectivity index is 2.26. The largest absolute Gasteiger partial charge is 0.394 e. The number of pyridine rings is 1. The summed E-state index contributed by atoms with van der Waals surface area (Å²) in [6.07, 6.45) is 3.56. The number of aliphatic hydroxyl groups is 1. The van der Waals surface area contributed by atoms with Crippen LogP contribution in [0.5, 0.6) is 0 Å². The monoisotopic (exact) mass is 278 g/mol. The Morgan fingerprint density at radius 2 is 2.40 bits per heavy atom. The molecule has 20 heavy (non-hydrogen) atoms. The summed E-state index contributed by atoms with van der Waals surface area (Å²) in [7, 11) is 0. The Bertz CT molecular complexity index is 478. The molecular weight excluding hydrogens is 256 g/mol. The Hall–Kier alpha value is -1.66. The van der Waals surface area contributed by atoms with Gasteiger partial charge in [-0.1, -0.05) is 13.3 Å². The number of nitrogens with one attached hydrogen (secondary N) is 1. The van der Waals surface area contributed by atoms with Gasteiger partial charge < -0.3 is 15.4 Å². The van der Waals surface area contributed by atoms with Crippen molar-refractivity contribution in [2.24, 2.45) is 5.84 Å². The van der Waals surface area contributed by atoms with Gasteiger partial charge in [-0.05, 0) is 31.4 Å². The number of hydrogen-bond donors (Lipinski definition) is 3. The summed E-state index contributed by atoms with van der Waals surface area (Å²) < 4.78 is 0. The van der Waals surface area contributed by atoms with Gasteiger partial charge in [-0.3, -0.25) is 4.79 Å². The van der Waals surface area contributed by atoms with Crippen molar-refractivity contribution in [1.82, 2.24) is 9.88 Å². The van der Waals surface area contributed by atoms with Crippen molar-refractivity contribution in [2.45, 2.75) is 38.6 Å². The number of nitrogens with zero attached hydrogens (tertiary/aromatic N) is 2. The zero-order valence-corrected chi connectivity index (χ0v) is 11.8. The van der Waals surface area contributed by atoms with Crippen LogP contribution in [0.1, 0.15) is 42.2 Å². The highest BCUT2D eigenvalue weighted by Gasteiger charge is 2.29. The predicted octanol–water partition coefficient (Wildman–Crippen LogP) is 0.917. The molecule has 2 rings (SSSR count). The van der Waals surface area contributed by atoms with Crippen molar-refractivity contribution in [1.29, 1.82) is 0 Å². The molecule has 1 unspecified atom stereocenters. The fourth-order valence-corrected chi connectivity index (χ4v) is 2.63. The Morgan fingerprint density at radius 3 is 3.05 bits per heavy atom. The summed E-state index contributed by atoms with van der Waals surface area (Å²) in [4.78, 5) is 18.6. The van der Waals surface area contributed by atoms with Gasteiger partial charge in [0.25, 0.3) is 5.91 Å². The molecule has 1 aromatic rings. The van der Waals surface area contributed by atoms with Crippen LogP contribution in [-0.4, -0.2) is 40.1 Å². The van der Waals surface area contributed by atoms with Gasteiger partial charge in [0.1, 0.15) is 5.82 Å². The van der Waals surface area contributed by atoms with Crippen molar-refractivity contribution < 1.29 is 9.90 Å². The zero-order chi connectivity index (χ0) is 14.5. The Kier molecular flexibility index (Phi) is 4.92. The van der Waals surface area contributed by atoms with Crippen LogP contribution in [0.25, 0.3) is 0 Å². The minimum absolute atomic E-state index is 0.0145. The predicted molar refractivity (Wildman–Crippen MR) is 77.2 cm³/mol. The maximum Gasteiger partial charge on any atom is 0.254 e. The van der Waals surface area contributed by atoms with E-state index in [0.717, 1.165) is 31.4 Å². The maximum absolute atomic E-state index is 12.6. The number of likely N-dealkylation sites (tertiary alicyclic amines) is 1. The average molecular weight is 278 g/mol. The second-order valence-corrected chi connectivity index (χ2v) is 5.10. The molecule has 6 nitrogen and oxygen atoms in total. The standard InChI is InChI=1S/C14H22N4O2/c1-2-4-11-7-10(8-13(16-11)17-15)14(20)18-6-3-5-12(18)9-19/h7-8,12,19H,2-6,9,15H2,1H3,(H,16,17). The van der Waals surface area contributed by atoms with Crippen LogP contribution in [0, 0.1) is 0 Å². The van der Waals surface area contributed by atoms with Gasteiger partial charge in [0.05, 0.1) is 12.6 Å². The highest BCUT2D eigenvalue weighted by atomic mass is 16.3. The van der Waals surface area contributed by atoms with Crippen molar-refractivity contribution >= 4 is 11.7 Å². The third-order valence-corrected chi connectivity index (χ3v) is 3.63. The molecule has 2 heterocycles. The van der Waals surface area contributed by atoms with Gasteiger partial charge in [0.2, 0.25) is 0 Å². The number of rotatable bonds is 5. The summed E-state index contributed by atoms with van der Waals surface area (Å²) >= 11 is 0. The summed E-state index contributed by atoms with van der Waals surface area (Å²) in [5.74, 6) is 5.85. The van der Waals surface area contributed by atoms with Gasteiger partial charge in [-0.2, -0.15) is 0 Å². The summed E-state index contributed by atoms with van der Waals surface area (Å²) in [6.45, 7) is 2.77. The second kappa shape index (κ2) is 6.67. The Labute approximate surface area is 119 Å². The molecule has 0 radical (unpaired) electrons. The second-order valence-electron chi connectivity index (χ2n) is 5.10. The number of hydrazine groups is 1. The molecule has 1 aliphatic rings. The van der Waals surface area contributed by atoms with Crippen molar-refractivity contribution in [3.8, 4) is 0 Å².